The molecule has 6 heteroatoms. The molecular weight excluding hydrogens is 918 g/mol. The first kappa shape index (κ1) is 44.6. The number of aromatic nitrogens is 1. The number of thioether (sulfide) groups is 1. The van der Waals surface area contributed by atoms with Gasteiger partial charge in [0.1, 0.15) is 5.60 Å². The molecule has 0 N–H and O–H groups in total. The van der Waals surface area contributed by atoms with E-state index in [-0.39, 0.29) is 34.0 Å². The van der Waals surface area contributed by atoms with Crippen LogP contribution < -0.4 is 20.7 Å². The van der Waals surface area contributed by atoms with Gasteiger partial charge in [-0.05, 0) is 141 Å². The Bertz CT molecular complexity index is 3810. The average Bonchev–Trinajstić information content (AvgIpc) is 4.22. The maximum atomic E-state index is 7.97. The molecule has 74 heavy (non-hydrogen) atoms. The summed E-state index contributed by atoms with van der Waals surface area (Å²) >= 11 is 2.03. The third-order valence-corrected chi connectivity index (χ3v) is 19.9. The van der Waals surface area contributed by atoms with Crippen LogP contribution in [0, 0.1) is 5.41 Å². The minimum absolute atomic E-state index is 0.00736. The lowest BCUT2D eigenvalue weighted by molar-refractivity contribution is -0.0559. The highest BCUT2D eigenvalue weighted by Gasteiger charge is 2.63. The van der Waals surface area contributed by atoms with Crippen LogP contribution in [0.15, 0.2) is 186 Å². The van der Waals surface area contributed by atoms with Gasteiger partial charge in [-0.15, -0.1) is 11.8 Å². The second-order valence-corrected chi connectivity index (χ2v) is 25.8. The van der Waals surface area contributed by atoms with Crippen molar-refractivity contribution in [3.8, 4) is 16.8 Å². The zero-order valence-electron chi connectivity index (χ0n) is 43.9. The van der Waals surface area contributed by atoms with Crippen molar-refractivity contribution in [2.24, 2.45) is 5.41 Å². The Hall–Kier alpha value is -6.89. The summed E-state index contributed by atoms with van der Waals surface area (Å²) in [5.74, 6) is 0.958. The summed E-state index contributed by atoms with van der Waals surface area (Å²) in [4.78, 5) is 6.68. The van der Waals surface area contributed by atoms with Crippen LogP contribution in [0.1, 0.15) is 109 Å². The van der Waals surface area contributed by atoms with Crippen LogP contribution in [0.4, 0.5) is 28.4 Å². The molecule has 8 aromatic carbocycles. The number of fused-ring (bicyclic) bond motifs is 15. The topological polar surface area (TPSA) is 20.6 Å². The van der Waals surface area contributed by atoms with Crippen LogP contribution in [-0.4, -0.2) is 22.6 Å². The largest absolute Gasteiger partial charge is 0.498 e. The second-order valence-electron chi connectivity index (χ2n) is 24.7. The van der Waals surface area contributed by atoms with Crippen molar-refractivity contribution < 1.29 is 4.74 Å². The van der Waals surface area contributed by atoms with Crippen LogP contribution in [-0.2, 0) is 21.0 Å². The van der Waals surface area contributed by atoms with Crippen LogP contribution in [0.5, 0.6) is 0 Å². The van der Waals surface area contributed by atoms with Gasteiger partial charge in [0, 0.05) is 49.9 Å². The average molecular weight is 980 g/mol. The van der Waals surface area contributed by atoms with E-state index in [1.54, 1.807) is 0 Å². The summed E-state index contributed by atoms with van der Waals surface area (Å²) in [5.41, 5.74) is 23.4. The summed E-state index contributed by atoms with van der Waals surface area (Å²) in [6.07, 6.45) is 4.42. The predicted octanol–water partition coefficient (Wildman–Crippen LogP) is 16.5. The van der Waals surface area contributed by atoms with E-state index in [1.165, 1.54) is 111 Å². The lowest BCUT2D eigenvalue weighted by Crippen LogP contribution is -2.56. The zero-order valence-corrected chi connectivity index (χ0v) is 44.8. The van der Waals surface area contributed by atoms with Crippen molar-refractivity contribution in [3.05, 3.63) is 209 Å². The molecule has 0 saturated heterocycles. The van der Waals surface area contributed by atoms with Gasteiger partial charge in [-0.1, -0.05) is 170 Å². The molecule has 1 saturated carbocycles. The third kappa shape index (κ3) is 5.84. The Balaban J connectivity index is 1.08. The Morgan fingerprint density at radius 1 is 0.527 bits per heavy atom. The summed E-state index contributed by atoms with van der Waals surface area (Å²) < 4.78 is 10.5. The number of hydrogen-bond donors (Lipinski definition) is 0. The Kier molecular flexibility index (Phi) is 9.12. The Morgan fingerprint density at radius 3 is 1.65 bits per heavy atom. The molecule has 5 heterocycles. The highest BCUT2D eigenvalue weighted by molar-refractivity contribution is 7.99. The van der Waals surface area contributed by atoms with Gasteiger partial charge in [-0.3, -0.25) is 0 Å². The van der Waals surface area contributed by atoms with Gasteiger partial charge >= 0.3 is 0 Å². The van der Waals surface area contributed by atoms with E-state index in [9.17, 15) is 0 Å². The van der Waals surface area contributed by atoms with E-state index in [0.29, 0.717) is 0 Å². The molecule has 2 unspecified atom stereocenters. The first-order valence-corrected chi connectivity index (χ1v) is 28.1. The summed E-state index contributed by atoms with van der Waals surface area (Å²) in [6, 6.07) is 65.8. The molecule has 6 aliphatic rings. The molecule has 364 valence electrons. The van der Waals surface area contributed by atoms with Gasteiger partial charge in [0.15, 0.2) is 0 Å². The normalized spacial score (nSPS) is 20.8. The predicted molar refractivity (Wildman–Crippen MR) is 312 cm³/mol. The van der Waals surface area contributed by atoms with Crippen molar-refractivity contribution in [1.82, 2.24) is 4.57 Å². The van der Waals surface area contributed by atoms with Crippen LogP contribution in [0.25, 0.3) is 38.6 Å². The fourth-order valence-electron chi connectivity index (χ4n) is 14.7. The molecule has 4 aliphatic heterocycles. The third-order valence-electron chi connectivity index (χ3n) is 18.7. The molecule has 2 atom stereocenters. The van der Waals surface area contributed by atoms with E-state index in [1.807, 2.05) is 11.8 Å². The monoisotopic (exact) mass is 979 g/mol. The molecule has 1 aromatic heterocycles. The van der Waals surface area contributed by atoms with Crippen LogP contribution in [0.3, 0.4) is 0 Å². The van der Waals surface area contributed by atoms with Crippen molar-refractivity contribution in [2.75, 3.05) is 15.6 Å². The summed E-state index contributed by atoms with van der Waals surface area (Å²) in [7, 11) is 0. The smallest absolute Gasteiger partial charge is 0.296 e. The number of anilines is 5. The first-order chi connectivity index (χ1) is 35.7. The molecule has 9 aromatic rings. The fourth-order valence-corrected chi connectivity index (χ4v) is 16.1. The molecule has 0 bridgehead atoms. The lowest BCUT2D eigenvalue weighted by atomic mass is 9.35. The number of hydrogen-bond acceptors (Lipinski definition) is 4. The van der Waals surface area contributed by atoms with Gasteiger partial charge in [-0.25, -0.2) is 0 Å². The number of rotatable bonds is 3. The van der Waals surface area contributed by atoms with Gasteiger partial charge in [0.05, 0.1) is 38.9 Å². The zero-order chi connectivity index (χ0) is 50.3. The van der Waals surface area contributed by atoms with Gasteiger partial charge < -0.3 is 19.1 Å². The molecule has 4 nitrogen and oxygen atoms in total. The standard InChI is InChI=1S/C68H62BN3OS/c1-64(2,3)42-27-31-44(32-28-42)70-57-40-60-53(68(41-74-60)51-23-13-9-19-47(51)48-20-10-14-24-52(48)68)39-54(57)69-61-58(70)37-46(71-55-25-15-11-21-49(55)50-22-12-16-26-56(50)71)38-59(61)72(45-33-29-43(30-34-45)65(4,5)6)62-63(69)73-67(8)36-18-17-35-66(62,67)7/h9-16,19-34,37-40H,17-18,35-36,41H2,1-8H3. The van der Waals surface area contributed by atoms with E-state index in [0.717, 1.165) is 42.0 Å². The van der Waals surface area contributed by atoms with Crippen molar-refractivity contribution in [1.29, 1.82) is 0 Å². The number of para-hydroxylation sites is 2. The summed E-state index contributed by atoms with van der Waals surface area (Å²) in [5, 5.41) is 2.52. The van der Waals surface area contributed by atoms with E-state index < -0.39 is 0 Å². The number of benzene rings is 8. The number of nitrogens with zero attached hydrogens (tertiary/aromatic N) is 3. The Morgan fingerprint density at radius 2 is 1.05 bits per heavy atom. The first-order valence-electron chi connectivity index (χ1n) is 27.1. The molecule has 1 fully saturated rings. The van der Waals surface area contributed by atoms with E-state index in [4.69, 9.17) is 4.74 Å². The van der Waals surface area contributed by atoms with Gasteiger partial charge in [0.25, 0.3) is 6.71 Å². The van der Waals surface area contributed by atoms with Crippen LogP contribution >= 0.6 is 11.8 Å². The number of ether oxygens (including phenoxy) is 1. The summed E-state index contributed by atoms with van der Waals surface area (Å²) in [6.45, 7) is 18.7. The molecule has 15 rings (SSSR count). The van der Waals surface area contributed by atoms with Crippen molar-refractivity contribution in [2.45, 2.75) is 108 Å². The van der Waals surface area contributed by atoms with Crippen molar-refractivity contribution in [3.63, 3.8) is 0 Å². The van der Waals surface area contributed by atoms with E-state index >= 15 is 0 Å². The SMILES string of the molecule is CC(C)(C)c1ccc(N2C3=C(OC4(C)CCCCC34C)B3c4cc5c(cc4N(c4ccc(C(C)(C)C)cc4)c4cc(-n6c7ccccc7c7ccccc76)cc2c43)SCC52c3ccccc3-c3ccccc32)cc1. The maximum Gasteiger partial charge on any atom is 0.296 e. The maximum absolute atomic E-state index is 7.97. The van der Waals surface area contributed by atoms with Crippen LogP contribution in [0.2, 0.25) is 0 Å². The molecular formula is C68H62BN3OS. The second kappa shape index (κ2) is 15.1. The van der Waals surface area contributed by atoms with Gasteiger partial charge in [0.2, 0.25) is 0 Å². The molecule has 2 aliphatic carbocycles. The van der Waals surface area contributed by atoms with Crippen molar-refractivity contribution >= 4 is 79.6 Å². The minimum atomic E-state index is -0.380. The van der Waals surface area contributed by atoms with Gasteiger partial charge in [-0.2, -0.15) is 0 Å². The highest BCUT2D eigenvalue weighted by atomic mass is 32.2. The minimum Gasteiger partial charge on any atom is -0.498 e. The Labute approximate surface area is 441 Å². The van der Waals surface area contributed by atoms with E-state index in [2.05, 4.69) is 240 Å². The molecule has 0 amide bonds. The molecule has 1 spiro atoms. The quantitative estimate of drug-likeness (QED) is 0.164. The fraction of sp³-hybridized carbons (Fsp3) is 0.265. The lowest BCUT2D eigenvalue weighted by Gasteiger charge is -2.48. The molecule has 0 radical (unpaired) electrons. The highest BCUT2D eigenvalue weighted by Crippen LogP contribution is 2.64.